The number of nitrogens with two attached hydrogens (primary N) is 1. The van der Waals surface area contributed by atoms with Crippen molar-refractivity contribution in [3.8, 4) is 0 Å². The van der Waals surface area contributed by atoms with Crippen molar-refractivity contribution in [1.82, 2.24) is 9.97 Å². The Kier molecular flexibility index (Phi) is 2.89. The van der Waals surface area contributed by atoms with Crippen LogP contribution in [0.15, 0.2) is 12.5 Å². The van der Waals surface area contributed by atoms with E-state index in [1.165, 1.54) is 32.1 Å². The second kappa shape index (κ2) is 4.55. The zero-order chi connectivity index (χ0) is 12.5. The van der Waals surface area contributed by atoms with Crippen molar-refractivity contribution in [3.05, 3.63) is 18.1 Å². The molecule has 1 aromatic rings. The first-order chi connectivity index (χ1) is 8.77. The van der Waals surface area contributed by atoms with E-state index in [-0.39, 0.29) is 5.84 Å². The third kappa shape index (κ3) is 1.83. The van der Waals surface area contributed by atoms with E-state index in [1.54, 1.807) is 12.5 Å². The predicted molar refractivity (Wildman–Crippen MR) is 70.8 cm³/mol. The van der Waals surface area contributed by atoms with Gasteiger partial charge in [0.15, 0.2) is 0 Å². The lowest BCUT2D eigenvalue weighted by molar-refractivity contribution is 0.341. The largest absolute Gasteiger partial charge is 0.384 e. The summed E-state index contributed by atoms with van der Waals surface area (Å²) < 4.78 is 0. The maximum atomic E-state index is 7.64. The smallest absolute Gasteiger partial charge is 0.143 e. The first-order valence-corrected chi connectivity index (χ1v) is 6.68. The van der Waals surface area contributed by atoms with Crippen molar-refractivity contribution < 1.29 is 0 Å². The number of nitrogens with one attached hydrogen (secondary N) is 1. The highest BCUT2D eigenvalue weighted by Crippen LogP contribution is 2.38. The molecule has 1 aromatic heterocycles. The number of nitrogen functional groups attached to an aromatic ring is 1. The van der Waals surface area contributed by atoms with Crippen LogP contribution in [0.2, 0.25) is 0 Å². The molecule has 0 spiro atoms. The minimum absolute atomic E-state index is 0.0601. The van der Waals surface area contributed by atoms with Crippen LogP contribution in [0.1, 0.15) is 37.7 Å². The lowest BCUT2D eigenvalue weighted by Gasteiger charge is -2.33. The zero-order valence-corrected chi connectivity index (χ0v) is 10.5. The van der Waals surface area contributed by atoms with E-state index >= 15 is 0 Å². The maximum absolute atomic E-state index is 7.64. The van der Waals surface area contributed by atoms with Crippen molar-refractivity contribution in [2.24, 2.45) is 11.7 Å². The molecule has 0 aromatic carbocycles. The number of amidine groups is 1. The molecule has 2 fully saturated rings. The molecule has 96 valence electrons. The Morgan fingerprint density at radius 2 is 2.17 bits per heavy atom. The summed E-state index contributed by atoms with van der Waals surface area (Å²) in [5.74, 6) is 1.71. The van der Waals surface area contributed by atoms with Crippen LogP contribution in [0.5, 0.6) is 0 Å². The molecule has 0 bridgehead atoms. The molecule has 5 nitrogen and oxygen atoms in total. The number of hydrogen-bond donors (Lipinski definition) is 2. The number of aromatic nitrogens is 2. The quantitative estimate of drug-likeness (QED) is 0.611. The molecule has 0 amide bonds. The van der Waals surface area contributed by atoms with E-state index in [1.807, 2.05) is 0 Å². The predicted octanol–water partition coefficient (Wildman–Crippen LogP) is 1.53. The van der Waals surface area contributed by atoms with Gasteiger partial charge in [-0.3, -0.25) is 5.41 Å². The maximum Gasteiger partial charge on any atom is 0.143 e. The average Bonchev–Trinajstić information content (AvgIpc) is 2.82. The van der Waals surface area contributed by atoms with Crippen molar-refractivity contribution in [1.29, 1.82) is 5.41 Å². The van der Waals surface area contributed by atoms with Crippen LogP contribution in [0.25, 0.3) is 0 Å². The zero-order valence-electron chi connectivity index (χ0n) is 10.5. The van der Waals surface area contributed by atoms with E-state index in [4.69, 9.17) is 11.1 Å². The van der Waals surface area contributed by atoms with Crippen molar-refractivity contribution in [2.75, 3.05) is 11.4 Å². The van der Waals surface area contributed by atoms with Crippen molar-refractivity contribution in [3.63, 3.8) is 0 Å². The molecule has 3 N–H and O–H groups in total. The summed E-state index contributed by atoms with van der Waals surface area (Å²) in [7, 11) is 0. The Balaban J connectivity index is 1.93. The Hall–Kier alpha value is -1.65. The van der Waals surface area contributed by atoms with Gasteiger partial charge in [0.25, 0.3) is 0 Å². The van der Waals surface area contributed by atoms with E-state index in [2.05, 4.69) is 14.9 Å². The van der Waals surface area contributed by atoms with Crippen molar-refractivity contribution >= 4 is 11.7 Å². The van der Waals surface area contributed by atoms with E-state index in [0.29, 0.717) is 11.6 Å². The monoisotopic (exact) mass is 245 g/mol. The lowest BCUT2D eigenvalue weighted by atomic mass is 9.85. The Morgan fingerprint density at radius 1 is 1.33 bits per heavy atom. The second-order valence-corrected chi connectivity index (χ2v) is 5.27. The topological polar surface area (TPSA) is 78.9 Å². The number of fused-ring (bicyclic) bond motifs is 1. The van der Waals surface area contributed by atoms with Gasteiger partial charge in [-0.15, -0.1) is 0 Å². The van der Waals surface area contributed by atoms with Crippen LogP contribution in [-0.4, -0.2) is 28.4 Å². The van der Waals surface area contributed by atoms with Gasteiger partial charge < -0.3 is 10.6 Å². The molecule has 2 aliphatic rings. The average molecular weight is 245 g/mol. The van der Waals surface area contributed by atoms with E-state index < -0.39 is 0 Å². The van der Waals surface area contributed by atoms with Gasteiger partial charge in [0.1, 0.15) is 18.0 Å². The Bertz CT molecular complexity index is 458. The van der Waals surface area contributed by atoms with Crippen molar-refractivity contribution in [2.45, 2.75) is 38.1 Å². The third-order valence-corrected chi connectivity index (χ3v) is 4.26. The number of rotatable bonds is 2. The molecular formula is C13H19N5. The third-order valence-electron chi connectivity index (χ3n) is 4.26. The minimum Gasteiger partial charge on any atom is -0.384 e. The molecule has 2 heterocycles. The van der Waals surface area contributed by atoms with Gasteiger partial charge in [0.05, 0.1) is 5.56 Å². The molecule has 5 heteroatoms. The molecule has 2 unspecified atom stereocenters. The first-order valence-electron chi connectivity index (χ1n) is 6.68. The fourth-order valence-electron chi connectivity index (χ4n) is 3.41. The summed E-state index contributed by atoms with van der Waals surface area (Å²) in [6.07, 6.45) is 9.69. The van der Waals surface area contributed by atoms with Gasteiger partial charge >= 0.3 is 0 Å². The summed E-state index contributed by atoms with van der Waals surface area (Å²) in [4.78, 5) is 10.7. The highest BCUT2D eigenvalue weighted by Gasteiger charge is 2.37. The van der Waals surface area contributed by atoms with Crippen LogP contribution in [-0.2, 0) is 0 Å². The molecule has 3 rings (SSSR count). The fraction of sp³-hybridized carbons (Fsp3) is 0.615. The van der Waals surface area contributed by atoms with Crippen LogP contribution in [0, 0.1) is 11.3 Å². The van der Waals surface area contributed by atoms with E-state index in [9.17, 15) is 0 Å². The summed E-state index contributed by atoms with van der Waals surface area (Å²) in [5.41, 5.74) is 6.30. The molecular weight excluding hydrogens is 226 g/mol. The van der Waals surface area contributed by atoms with Crippen LogP contribution < -0.4 is 10.6 Å². The molecule has 1 saturated carbocycles. The fourth-order valence-corrected chi connectivity index (χ4v) is 3.41. The van der Waals surface area contributed by atoms with Crippen LogP contribution >= 0.6 is 0 Å². The summed E-state index contributed by atoms with van der Waals surface area (Å²) in [6, 6.07) is 0.590. The summed E-state index contributed by atoms with van der Waals surface area (Å²) in [6.45, 7) is 1.03. The lowest BCUT2D eigenvalue weighted by Crippen LogP contribution is -2.36. The van der Waals surface area contributed by atoms with Gasteiger partial charge in [-0.05, 0) is 25.2 Å². The van der Waals surface area contributed by atoms with Gasteiger partial charge in [0, 0.05) is 18.8 Å². The van der Waals surface area contributed by atoms with Gasteiger partial charge in [-0.25, -0.2) is 9.97 Å². The number of hydrogen-bond acceptors (Lipinski definition) is 4. The standard InChI is InChI=1S/C13H19N5/c14-12(15)10-7-16-8-17-13(10)18-6-5-9-3-1-2-4-11(9)18/h7-9,11H,1-6H2,(H3,14,15). The van der Waals surface area contributed by atoms with E-state index in [0.717, 1.165) is 18.3 Å². The Morgan fingerprint density at radius 3 is 3.00 bits per heavy atom. The Labute approximate surface area is 107 Å². The number of nitrogens with zero attached hydrogens (tertiary/aromatic N) is 3. The molecule has 1 aliphatic carbocycles. The van der Waals surface area contributed by atoms with Crippen LogP contribution in [0.4, 0.5) is 5.82 Å². The minimum atomic E-state index is 0.0601. The number of anilines is 1. The second-order valence-electron chi connectivity index (χ2n) is 5.27. The highest BCUT2D eigenvalue weighted by atomic mass is 15.2. The van der Waals surface area contributed by atoms with Gasteiger partial charge in [-0.1, -0.05) is 12.8 Å². The summed E-state index contributed by atoms with van der Waals surface area (Å²) in [5, 5.41) is 7.64. The highest BCUT2D eigenvalue weighted by molar-refractivity contribution is 5.99. The van der Waals surface area contributed by atoms with Crippen LogP contribution in [0.3, 0.4) is 0 Å². The first kappa shape index (κ1) is 11.4. The molecule has 18 heavy (non-hydrogen) atoms. The molecule has 1 aliphatic heterocycles. The molecule has 1 saturated heterocycles. The molecule has 0 radical (unpaired) electrons. The summed E-state index contributed by atoms with van der Waals surface area (Å²) >= 11 is 0. The SMILES string of the molecule is N=C(N)c1cncnc1N1CCC2CCCCC21. The van der Waals surface area contributed by atoms with Gasteiger partial charge in [0.2, 0.25) is 0 Å². The normalized spacial score (nSPS) is 27.0. The van der Waals surface area contributed by atoms with Gasteiger partial charge in [-0.2, -0.15) is 0 Å². The molecule has 2 atom stereocenters.